The maximum absolute atomic E-state index is 10.7. The molecule has 0 radical (unpaired) electrons. The van der Waals surface area contributed by atoms with E-state index in [0.29, 0.717) is 6.61 Å². The monoisotopic (exact) mass is 261 g/mol. The molecular formula is C15H19NO3. The topological polar surface area (TPSA) is 49.8 Å². The maximum atomic E-state index is 10.7. The van der Waals surface area contributed by atoms with E-state index in [4.69, 9.17) is 9.84 Å². The number of benzene rings is 1. The number of morpholine rings is 1. The van der Waals surface area contributed by atoms with Gasteiger partial charge in [0.1, 0.15) is 0 Å². The Balaban J connectivity index is 2.30. The van der Waals surface area contributed by atoms with E-state index >= 15 is 0 Å². The third kappa shape index (κ3) is 3.58. The van der Waals surface area contributed by atoms with Crippen LogP contribution in [-0.4, -0.2) is 36.9 Å². The fourth-order valence-electron chi connectivity index (χ4n) is 2.29. The number of anilines is 1. The number of hydrogen-bond acceptors (Lipinski definition) is 3. The lowest BCUT2D eigenvalue weighted by molar-refractivity contribution is -0.131. The Morgan fingerprint density at radius 2 is 2.32 bits per heavy atom. The molecule has 0 bridgehead atoms. The minimum atomic E-state index is -0.928. The molecule has 0 saturated carbocycles. The van der Waals surface area contributed by atoms with E-state index in [1.807, 2.05) is 26.0 Å². The SMILES string of the molecule is Cc1ccc(N2CCOC(C)C2)c(/C=C/C(=O)O)c1. The number of hydrogen-bond donors (Lipinski definition) is 1. The highest BCUT2D eigenvalue weighted by Gasteiger charge is 2.18. The molecular weight excluding hydrogens is 242 g/mol. The lowest BCUT2D eigenvalue weighted by atomic mass is 10.1. The van der Waals surface area contributed by atoms with Crippen molar-refractivity contribution in [2.24, 2.45) is 0 Å². The molecule has 0 aliphatic carbocycles. The van der Waals surface area contributed by atoms with Gasteiger partial charge in [0.2, 0.25) is 0 Å². The van der Waals surface area contributed by atoms with Gasteiger partial charge in [-0.25, -0.2) is 4.79 Å². The van der Waals surface area contributed by atoms with Crippen LogP contribution >= 0.6 is 0 Å². The summed E-state index contributed by atoms with van der Waals surface area (Å²) in [4.78, 5) is 12.9. The third-order valence-electron chi connectivity index (χ3n) is 3.17. The van der Waals surface area contributed by atoms with Crippen molar-refractivity contribution < 1.29 is 14.6 Å². The predicted octanol–water partition coefficient (Wildman–Crippen LogP) is 2.32. The van der Waals surface area contributed by atoms with Crippen molar-refractivity contribution in [2.45, 2.75) is 20.0 Å². The molecule has 0 aromatic heterocycles. The van der Waals surface area contributed by atoms with Gasteiger partial charge in [-0.1, -0.05) is 11.6 Å². The molecule has 19 heavy (non-hydrogen) atoms. The van der Waals surface area contributed by atoms with E-state index in [-0.39, 0.29) is 6.10 Å². The maximum Gasteiger partial charge on any atom is 0.328 e. The average Bonchev–Trinajstić information content (AvgIpc) is 2.36. The molecule has 2 rings (SSSR count). The highest BCUT2D eigenvalue weighted by atomic mass is 16.5. The zero-order valence-corrected chi connectivity index (χ0v) is 11.3. The first-order chi connectivity index (χ1) is 9.06. The van der Waals surface area contributed by atoms with E-state index in [1.165, 1.54) is 6.08 Å². The van der Waals surface area contributed by atoms with Gasteiger partial charge in [-0.3, -0.25) is 0 Å². The highest BCUT2D eigenvalue weighted by Crippen LogP contribution is 2.25. The quantitative estimate of drug-likeness (QED) is 0.848. The van der Waals surface area contributed by atoms with Crippen LogP contribution in [-0.2, 0) is 9.53 Å². The summed E-state index contributed by atoms with van der Waals surface area (Å²) in [7, 11) is 0. The van der Waals surface area contributed by atoms with E-state index in [9.17, 15) is 4.79 Å². The average molecular weight is 261 g/mol. The van der Waals surface area contributed by atoms with E-state index < -0.39 is 5.97 Å². The number of carbonyl (C=O) groups is 1. The molecule has 1 atom stereocenters. The van der Waals surface area contributed by atoms with Crippen molar-refractivity contribution in [3.05, 3.63) is 35.4 Å². The lowest BCUT2D eigenvalue weighted by Gasteiger charge is -2.34. The van der Waals surface area contributed by atoms with Crippen molar-refractivity contribution >= 4 is 17.7 Å². The number of carboxylic acids is 1. The molecule has 102 valence electrons. The number of aryl methyl sites for hydroxylation is 1. The van der Waals surface area contributed by atoms with Crippen LogP contribution < -0.4 is 4.90 Å². The first-order valence-electron chi connectivity index (χ1n) is 6.44. The van der Waals surface area contributed by atoms with Crippen LogP contribution in [0.1, 0.15) is 18.1 Å². The molecule has 4 heteroatoms. The largest absolute Gasteiger partial charge is 0.478 e. The standard InChI is InChI=1S/C15H19NO3/c1-11-3-5-14(13(9-11)4-6-15(17)18)16-7-8-19-12(2)10-16/h3-6,9,12H,7-8,10H2,1-2H3,(H,17,18)/b6-4+. The van der Waals surface area contributed by atoms with Crippen molar-refractivity contribution in [3.63, 3.8) is 0 Å². The number of ether oxygens (including phenoxy) is 1. The van der Waals surface area contributed by atoms with Gasteiger partial charge in [-0.15, -0.1) is 0 Å². The first kappa shape index (κ1) is 13.6. The van der Waals surface area contributed by atoms with Crippen molar-refractivity contribution in [3.8, 4) is 0 Å². The van der Waals surface area contributed by atoms with Crippen molar-refractivity contribution in [2.75, 3.05) is 24.6 Å². The summed E-state index contributed by atoms with van der Waals surface area (Å²) in [5.74, 6) is -0.928. The zero-order valence-electron chi connectivity index (χ0n) is 11.3. The van der Waals surface area contributed by atoms with Crippen LogP contribution in [0.3, 0.4) is 0 Å². The molecule has 1 aliphatic rings. The van der Waals surface area contributed by atoms with Gasteiger partial charge >= 0.3 is 5.97 Å². The third-order valence-corrected chi connectivity index (χ3v) is 3.17. The molecule has 1 aromatic rings. The number of carboxylic acid groups (broad SMARTS) is 1. The molecule has 1 aromatic carbocycles. The van der Waals surface area contributed by atoms with E-state index in [2.05, 4.69) is 11.0 Å². The lowest BCUT2D eigenvalue weighted by Crippen LogP contribution is -2.41. The van der Waals surface area contributed by atoms with Gasteiger partial charge in [0.25, 0.3) is 0 Å². The molecule has 0 spiro atoms. The van der Waals surface area contributed by atoms with Gasteiger partial charge in [-0.2, -0.15) is 0 Å². The summed E-state index contributed by atoms with van der Waals surface area (Å²) in [6.45, 7) is 6.42. The molecule has 1 aliphatic heterocycles. The van der Waals surface area contributed by atoms with E-state index in [1.54, 1.807) is 6.08 Å². The van der Waals surface area contributed by atoms with Gasteiger partial charge in [0.15, 0.2) is 0 Å². The minimum Gasteiger partial charge on any atom is -0.478 e. The number of nitrogens with zero attached hydrogens (tertiary/aromatic N) is 1. The first-order valence-corrected chi connectivity index (χ1v) is 6.44. The Bertz CT molecular complexity index is 496. The number of aliphatic carboxylic acids is 1. The van der Waals surface area contributed by atoms with Crippen molar-refractivity contribution in [1.82, 2.24) is 0 Å². The van der Waals surface area contributed by atoms with Crippen LogP contribution in [0.4, 0.5) is 5.69 Å². The van der Waals surface area contributed by atoms with Crippen LogP contribution in [0.5, 0.6) is 0 Å². The Labute approximate surface area is 113 Å². The molecule has 0 amide bonds. The van der Waals surface area contributed by atoms with Gasteiger partial charge in [0.05, 0.1) is 12.7 Å². The summed E-state index contributed by atoms with van der Waals surface area (Å²) in [5.41, 5.74) is 3.13. The molecule has 1 unspecified atom stereocenters. The Morgan fingerprint density at radius 1 is 1.53 bits per heavy atom. The molecule has 1 N–H and O–H groups in total. The molecule has 1 saturated heterocycles. The van der Waals surface area contributed by atoms with Gasteiger partial charge < -0.3 is 14.7 Å². The van der Waals surface area contributed by atoms with Crippen LogP contribution in [0.25, 0.3) is 6.08 Å². The highest BCUT2D eigenvalue weighted by molar-refractivity contribution is 5.87. The van der Waals surface area contributed by atoms with Crippen LogP contribution in [0, 0.1) is 6.92 Å². The Kier molecular flexibility index (Phi) is 4.22. The fraction of sp³-hybridized carbons (Fsp3) is 0.400. The molecule has 4 nitrogen and oxygen atoms in total. The molecule has 1 fully saturated rings. The molecule has 1 heterocycles. The predicted molar refractivity (Wildman–Crippen MR) is 75.5 cm³/mol. The summed E-state index contributed by atoms with van der Waals surface area (Å²) in [6.07, 6.45) is 3.04. The zero-order chi connectivity index (χ0) is 13.8. The van der Waals surface area contributed by atoms with Crippen molar-refractivity contribution in [1.29, 1.82) is 0 Å². The number of rotatable bonds is 3. The van der Waals surface area contributed by atoms with Gasteiger partial charge in [0, 0.05) is 24.9 Å². The Morgan fingerprint density at radius 3 is 3.00 bits per heavy atom. The van der Waals surface area contributed by atoms with E-state index in [0.717, 1.165) is 29.9 Å². The second-order valence-corrected chi connectivity index (χ2v) is 4.86. The normalized spacial score (nSPS) is 19.9. The summed E-state index contributed by atoms with van der Waals surface area (Å²) in [6, 6.07) is 6.11. The van der Waals surface area contributed by atoms with Crippen LogP contribution in [0.15, 0.2) is 24.3 Å². The smallest absolute Gasteiger partial charge is 0.328 e. The summed E-state index contributed by atoms with van der Waals surface area (Å²) in [5, 5.41) is 8.77. The fourth-order valence-corrected chi connectivity index (χ4v) is 2.29. The second kappa shape index (κ2) is 5.89. The van der Waals surface area contributed by atoms with Crippen LogP contribution in [0.2, 0.25) is 0 Å². The van der Waals surface area contributed by atoms with Gasteiger partial charge in [-0.05, 0) is 37.6 Å². The minimum absolute atomic E-state index is 0.200. The second-order valence-electron chi connectivity index (χ2n) is 4.86. The Hall–Kier alpha value is -1.81. The summed E-state index contributed by atoms with van der Waals surface area (Å²) < 4.78 is 5.54. The summed E-state index contributed by atoms with van der Waals surface area (Å²) >= 11 is 0.